The zero-order valence-corrected chi connectivity index (χ0v) is 20.8. The van der Waals surface area contributed by atoms with Crippen molar-refractivity contribution in [2.45, 2.75) is 48.5 Å². The summed E-state index contributed by atoms with van der Waals surface area (Å²) < 4.78 is 0. The van der Waals surface area contributed by atoms with Crippen molar-refractivity contribution in [3.05, 3.63) is 58.4 Å². The van der Waals surface area contributed by atoms with E-state index in [9.17, 15) is 14.9 Å². The van der Waals surface area contributed by atoms with Crippen molar-refractivity contribution >= 4 is 35.1 Å². The molecule has 1 fully saturated rings. The lowest BCUT2D eigenvalue weighted by molar-refractivity contribution is -0.124. The molecule has 188 valence electrons. The van der Waals surface area contributed by atoms with Crippen LogP contribution in [0.3, 0.4) is 0 Å². The molecule has 0 spiro atoms. The molecule has 2 aromatic rings. The maximum atomic E-state index is 12.3. The molecule has 36 heavy (non-hydrogen) atoms. The summed E-state index contributed by atoms with van der Waals surface area (Å²) in [4.78, 5) is 34.8. The van der Waals surface area contributed by atoms with E-state index < -0.39 is 29.7 Å². The number of pyridine rings is 1. The summed E-state index contributed by atoms with van der Waals surface area (Å²) in [5, 5.41) is 21.5. The van der Waals surface area contributed by atoms with Crippen molar-refractivity contribution in [2.75, 3.05) is 24.6 Å². The van der Waals surface area contributed by atoms with E-state index in [0.717, 1.165) is 11.8 Å². The van der Waals surface area contributed by atoms with E-state index in [1.54, 1.807) is 12.1 Å². The Morgan fingerprint density at radius 1 is 1.36 bits per heavy atom. The van der Waals surface area contributed by atoms with E-state index in [-0.39, 0.29) is 11.6 Å². The fourth-order valence-electron chi connectivity index (χ4n) is 4.13. The van der Waals surface area contributed by atoms with Gasteiger partial charge in [-0.15, -0.1) is 0 Å². The molecule has 2 atom stereocenters. The van der Waals surface area contributed by atoms with Crippen LogP contribution < -0.4 is 21.7 Å². The number of carbonyl (C=O) groups is 2. The number of rotatable bonds is 9. The maximum Gasteiger partial charge on any atom is 0.239 e. The van der Waals surface area contributed by atoms with Gasteiger partial charge in [-0.05, 0) is 30.4 Å². The van der Waals surface area contributed by atoms with Crippen LogP contribution in [0.2, 0.25) is 0 Å². The van der Waals surface area contributed by atoms with Crippen molar-refractivity contribution in [1.82, 2.24) is 10.3 Å². The van der Waals surface area contributed by atoms with Crippen molar-refractivity contribution in [3.63, 3.8) is 0 Å². The monoisotopic (exact) mass is 507 g/mol. The van der Waals surface area contributed by atoms with Crippen LogP contribution >= 0.6 is 11.8 Å². The van der Waals surface area contributed by atoms with Gasteiger partial charge in [0.15, 0.2) is 0 Å². The first-order chi connectivity index (χ1) is 17.3. The van der Waals surface area contributed by atoms with Crippen LogP contribution in [-0.4, -0.2) is 53.7 Å². The van der Waals surface area contributed by atoms with Gasteiger partial charge < -0.3 is 26.8 Å². The molecule has 10 nitrogen and oxygen atoms in total. The molecule has 0 radical (unpaired) electrons. The summed E-state index contributed by atoms with van der Waals surface area (Å²) in [5.41, 5.74) is 13.2. The van der Waals surface area contributed by atoms with E-state index in [2.05, 4.69) is 16.2 Å². The Bertz CT molecular complexity index is 1180. The van der Waals surface area contributed by atoms with Gasteiger partial charge in [-0.25, -0.2) is 9.83 Å². The summed E-state index contributed by atoms with van der Waals surface area (Å²) >= 11 is 1.11. The molecule has 3 rings (SSSR count). The average Bonchev–Trinajstić information content (AvgIpc) is 2.90. The number of aliphatic hydroxyl groups is 1. The molecule has 6 N–H and O–H groups in total. The van der Waals surface area contributed by atoms with Gasteiger partial charge in [0, 0.05) is 19.1 Å². The summed E-state index contributed by atoms with van der Waals surface area (Å²) in [6.45, 7) is 10.3. The number of nitrogens with one attached hydrogen (secondary N) is 1. The molecule has 0 bridgehead atoms. The molecule has 0 aliphatic carbocycles. The van der Waals surface area contributed by atoms with Gasteiger partial charge in [-0.2, -0.15) is 5.26 Å². The number of aliphatic hydroxyl groups excluding tert-OH is 1. The number of nitrogens with zero attached hydrogens (tertiary/aromatic N) is 4. The van der Waals surface area contributed by atoms with E-state index in [4.69, 9.17) is 28.1 Å². The minimum atomic E-state index is -0.966. The third-order valence-corrected chi connectivity index (χ3v) is 7.32. The standard InChI is InChI=1S/C25H29N7O3S/c1-3-17-18(13-26)25(36-21(22(28)34)15-7-5-4-6-8-15)31-23(20(17)29-2)32-11-9-16(10-12-32)30-24(35)19(27)14-33/h4-8,16,19,21,33H,3,9-12,14,27H2,1H3,(H2,28,34)(H,30,35)/t19-,21?/m1/s1. The second-order valence-electron chi connectivity index (χ2n) is 8.39. The zero-order chi connectivity index (χ0) is 26.2. The zero-order valence-electron chi connectivity index (χ0n) is 20.0. The number of anilines is 1. The van der Waals surface area contributed by atoms with Gasteiger partial charge in [0.25, 0.3) is 0 Å². The van der Waals surface area contributed by atoms with Crippen LogP contribution in [0.5, 0.6) is 0 Å². The van der Waals surface area contributed by atoms with E-state index in [1.165, 1.54) is 0 Å². The Hall–Kier alpha value is -3.64. The summed E-state index contributed by atoms with van der Waals surface area (Å²) in [7, 11) is 0. The Labute approximate surface area is 214 Å². The lowest BCUT2D eigenvalue weighted by Gasteiger charge is -2.35. The number of aromatic nitrogens is 1. The molecular formula is C25H29N7O3S. The van der Waals surface area contributed by atoms with Crippen molar-refractivity contribution in [3.8, 4) is 6.07 Å². The third-order valence-electron chi connectivity index (χ3n) is 6.06. The number of thioether (sulfide) groups is 1. The van der Waals surface area contributed by atoms with Gasteiger partial charge in [-0.1, -0.05) is 49.0 Å². The van der Waals surface area contributed by atoms with Gasteiger partial charge in [-0.3, -0.25) is 9.59 Å². The molecule has 1 aromatic carbocycles. The normalized spacial score (nSPS) is 15.4. The quantitative estimate of drug-likeness (QED) is 0.295. The molecule has 1 aromatic heterocycles. The highest BCUT2D eigenvalue weighted by Crippen LogP contribution is 2.43. The van der Waals surface area contributed by atoms with E-state index in [1.807, 2.05) is 30.0 Å². The van der Waals surface area contributed by atoms with Gasteiger partial charge >= 0.3 is 0 Å². The first kappa shape index (κ1) is 27.0. The molecule has 11 heteroatoms. The van der Waals surface area contributed by atoms with Crippen LogP contribution in [0.15, 0.2) is 35.4 Å². The molecule has 0 saturated carbocycles. The molecule has 1 aliphatic rings. The molecule has 1 unspecified atom stereocenters. The fourth-order valence-corrected chi connectivity index (χ4v) is 5.19. The highest BCUT2D eigenvalue weighted by atomic mass is 32.2. The minimum absolute atomic E-state index is 0.113. The topological polar surface area (TPSA) is 163 Å². The number of hydrogen-bond acceptors (Lipinski definition) is 8. The Balaban J connectivity index is 1.94. The Kier molecular flexibility index (Phi) is 9.25. The molecule has 1 saturated heterocycles. The number of hydrogen-bond donors (Lipinski definition) is 4. The first-order valence-corrected chi connectivity index (χ1v) is 12.5. The first-order valence-electron chi connectivity index (χ1n) is 11.6. The van der Waals surface area contributed by atoms with Crippen LogP contribution in [0.4, 0.5) is 11.5 Å². The van der Waals surface area contributed by atoms with Crippen molar-refractivity contribution in [2.24, 2.45) is 11.5 Å². The Morgan fingerprint density at radius 2 is 2.03 bits per heavy atom. The molecular weight excluding hydrogens is 478 g/mol. The smallest absolute Gasteiger partial charge is 0.239 e. The van der Waals surface area contributed by atoms with Gasteiger partial charge in [0.2, 0.25) is 17.5 Å². The lowest BCUT2D eigenvalue weighted by Crippen LogP contribution is -2.50. The number of nitriles is 1. The minimum Gasteiger partial charge on any atom is -0.394 e. The fraction of sp³-hybridized carbons (Fsp3) is 0.400. The van der Waals surface area contributed by atoms with Crippen molar-refractivity contribution in [1.29, 1.82) is 5.26 Å². The molecule has 1 aliphatic heterocycles. The summed E-state index contributed by atoms with van der Waals surface area (Å²) in [6.07, 6.45) is 1.64. The highest BCUT2D eigenvalue weighted by Gasteiger charge is 2.29. The van der Waals surface area contributed by atoms with Crippen LogP contribution in [-0.2, 0) is 16.0 Å². The van der Waals surface area contributed by atoms with E-state index >= 15 is 0 Å². The molecule has 2 amide bonds. The lowest BCUT2D eigenvalue weighted by atomic mass is 10.0. The largest absolute Gasteiger partial charge is 0.394 e. The number of nitrogens with two attached hydrogens (primary N) is 2. The highest BCUT2D eigenvalue weighted by molar-refractivity contribution is 8.00. The van der Waals surface area contributed by atoms with Crippen molar-refractivity contribution < 1.29 is 14.7 Å². The number of benzene rings is 1. The molecule has 2 heterocycles. The average molecular weight is 508 g/mol. The van der Waals surface area contributed by atoms with Crippen LogP contribution in [0.1, 0.15) is 41.7 Å². The summed E-state index contributed by atoms with van der Waals surface area (Å²) in [5.74, 6) is -0.500. The second kappa shape index (κ2) is 12.4. The number of carbonyl (C=O) groups excluding carboxylic acids is 2. The van der Waals surface area contributed by atoms with Crippen LogP contribution in [0, 0.1) is 17.9 Å². The maximum absolute atomic E-state index is 12.3. The summed E-state index contributed by atoms with van der Waals surface area (Å²) in [6, 6.07) is 10.2. The van der Waals surface area contributed by atoms with E-state index in [0.29, 0.717) is 60.0 Å². The number of amides is 2. The second-order valence-corrected chi connectivity index (χ2v) is 9.48. The van der Waals surface area contributed by atoms with Gasteiger partial charge in [0.1, 0.15) is 28.2 Å². The van der Waals surface area contributed by atoms with Gasteiger partial charge in [0.05, 0.1) is 18.7 Å². The predicted octanol–water partition coefficient (Wildman–Crippen LogP) is 1.79. The number of primary amides is 1. The SMILES string of the molecule is [C-]#[N+]c1c(N2CCC(NC(=O)[C@H](N)CO)CC2)nc(SC(C(N)=O)c2ccccc2)c(C#N)c1CC. The third kappa shape index (κ3) is 5.94. The number of piperidine rings is 1. The predicted molar refractivity (Wildman–Crippen MR) is 137 cm³/mol. The Morgan fingerprint density at radius 3 is 2.56 bits per heavy atom. The van der Waals surface area contributed by atoms with Crippen LogP contribution in [0.25, 0.3) is 4.85 Å².